The molecule has 0 fully saturated rings. The molecular formula is C15H11N3O3. The van der Waals surface area contributed by atoms with Crippen LogP contribution in [0.5, 0.6) is 11.5 Å². The molecule has 0 bridgehead atoms. The van der Waals surface area contributed by atoms with Crippen molar-refractivity contribution in [1.82, 2.24) is 9.97 Å². The van der Waals surface area contributed by atoms with Crippen molar-refractivity contribution in [2.24, 2.45) is 0 Å². The first-order valence-electron chi connectivity index (χ1n) is 6.27. The molecule has 0 saturated carbocycles. The summed E-state index contributed by atoms with van der Waals surface area (Å²) in [4.78, 5) is 18.7. The highest BCUT2D eigenvalue weighted by molar-refractivity contribution is 5.75. The molecule has 0 radical (unpaired) electrons. The van der Waals surface area contributed by atoms with E-state index in [-0.39, 0.29) is 5.69 Å². The second-order valence-corrected chi connectivity index (χ2v) is 4.52. The van der Waals surface area contributed by atoms with Gasteiger partial charge in [0.05, 0.1) is 16.0 Å². The van der Waals surface area contributed by atoms with Crippen LogP contribution in [0.15, 0.2) is 48.8 Å². The molecule has 0 amide bonds. The van der Waals surface area contributed by atoms with E-state index in [0.717, 1.165) is 11.0 Å². The van der Waals surface area contributed by atoms with Crippen molar-refractivity contribution in [2.45, 2.75) is 6.92 Å². The van der Waals surface area contributed by atoms with E-state index in [9.17, 15) is 10.1 Å². The van der Waals surface area contributed by atoms with Gasteiger partial charge in [-0.15, -0.1) is 0 Å². The Morgan fingerprint density at radius 2 is 1.81 bits per heavy atom. The number of nitrogens with zero attached hydrogens (tertiary/aromatic N) is 3. The van der Waals surface area contributed by atoms with Crippen LogP contribution >= 0.6 is 0 Å². The van der Waals surface area contributed by atoms with E-state index < -0.39 is 4.92 Å². The Hall–Kier alpha value is -3.02. The molecule has 0 aliphatic carbocycles. The number of nitro groups is 1. The molecule has 6 nitrogen and oxygen atoms in total. The maximum absolute atomic E-state index is 10.7. The van der Waals surface area contributed by atoms with Crippen LogP contribution in [0.2, 0.25) is 0 Å². The molecule has 0 N–H and O–H groups in total. The monoisotopic (exact) mass is 281 g/mol. The predicted octanol–water partition coefficient (Wildman–Crippen LogP) is 3.64. The maximum Gasteiger partial charge on any atom is 0.269 e. The van der Waals surface area contributed by atoms with Gasteiger partial charge in [-0.2, -0.15) is 0 Å². The van der Waals surface area contributed by atoms with Gasteiger partial charge in [-0.1, -0.05) is 0 Å². The van der Waals surface area contributed by atoms with Crippen molar-refractivity contribution in [3.63, 3.8) is 0 Å². The molecule has 104 valence electrons. The van der Waals surface area contributed by atoms with E-state index in [1.807, 2.05) is 6.07 Å². The SMILES string of the molecule is Cc1cc([N+](=O)[O-])ccc1Oc1ccc2nccnc2c1. The quantitative estimate of drug-likeness (QED) is 0.541. The average Bonchev–Trinajstić information content (AvgIpc) is 2.49. The summed E-state index contributed by atoms with van der Waals surface area (Å²) >= 11 is 0. The molecule has 0 saturated heterocycles. The molecule has 0 atom stereocenters. The van der Waals surface area contributed by atoms with Crippen molar-refractivity contribution in [3.05, 3.63) is 64.5 Å². The van der Waals surface area contributed by atoms with Crippen LogP contribution in [0.1, 0.15) is 5.56 Å². The second-order valence-electron chi connectivity index (χ2n) is 4.52. The summed E-state index contributed by atoms with van der Waals surface area (Å²) in [7, 11) is 0. The highest BCUT2D eigenvalue weighted by Gasteiger charge is 2.09. The van der Waals surface area contributed by atoms with Gasteiger partial charge in [0.1, 0.15) is 11.5 Å². The molecule has 2 aromatic carbocycles. The number of aromatic nitrogens is 2. The number of rotatable bonds is 3. The molecule has 6 heteroatoms. The normalized spacial score (nSPS) is 10.5. The lowest BCUT2D eigenvalue weighted by atomic mass is 10.2. The molecule has 0 unspecified atom stereocenters. The first kappa shape index (κ1) is 13.0. The zero-order valence-electron chi connectivity index (χ0n) is 11.2. The van der Waals surface area contributed by atoms with Crippen LogP contribution in [-0.2, 0) is 0 Å². The first-order chi connectivity index (χ1) is 10.1. The van der Waals surface area contributed by atoms with Crippen LogP contribution in [0.3, 0.4) is 0 Å². The predicted molar refractivity (Wildman–Crippen MR) is 77.4 cm³/mol. The number of benzene rings is 2. The van der Waals surface area contributed by atoms with Gasteiger partial charge in [0.25, 0.3) is 5.69 Å². The van der Waals surface area contributed by atoms with Crippen molar-refractivity contribution >= 4 is 16.7 Å². The number of ether oxygens (including phenoxy) is 1. The molecule has 3 aromatic rings. The molecule has 1 aromatic heterocycles. The number of hydrogen-bond donors (Lipinski definition) is 0. The molecule has 0 aliphatic heterocycles. The van der Waals surface area contributed by atoms with Crippen LogP contribution in [0, 0.1) is 17.0 Å². The van der Waals surface area contributed by atoms with Crippen molar-refractivity contribution in [3.8, 4) is 11.5 Å². The fourth-order valence-corrected chi connectivity index (χ4v) is 2.00. The van der Waals surface area contributed by atoms with Gasteiger partial charge in [0.15, 0.2) is 0 Å². The summed E-state index contributed by atoms with van der Waals surface area (Å²) in [6.45, 7) is 1.77. The minimum absolute atomic E-state index is 0.0456. The summed E-state index contributed by atoms with van der Waals surface area (Å²) in [5.41, 5.74) is 2.26. The fraction of sp³-hybridized carbons (Fsp3) is 0.0667. The van der Waals surface area contributed by atoms with Gasteiger partial charge in [0.2, 0.25) is 0 Å². The summed E-state index contributed by atoms with van der Waals surface area (Å²) in [5, 5.41) is 10.7. The summed E-state index contributed by atoms with van der Waals surface area (Å²) in [5.74, 6) is 1.18. The van der Waals surface area contributed by atoms with Crippen LogP contribution in [0.25, 0.3) is 11.0 Å². The molecule has 21 heavy (non-hydrogen) atoms. The first-order valence-corrected chi connectivity index (χ1v) is 6.27. The van der Waals surface area contributed by atoms with Gasteiger partial charge in [-0.3, -0.25) is 20.1 Å². The van der Waals surface area contributed by atoms with Gasteiger partial charge in [-0.05, 0) is 30.7 Å². The minimum Gasteiger partial charge on any atom is -0.457 e. The van der Waals surface area contributed by atoms with Crippen molar-refractivity contribution in [2.75, 3.05) is 0 Å². The van der Waals surface area contributed by atoms with E-state index >= 15 is 0 Å². The minimum atomic E-state index is -0.428. The summed E-state index contributed by atoms with van der Waals surface area (Å²) < 4.78 is 5.76. The Labute approximate surface area is 120 Å². The third kappa shape index (κ3) is 2.64. The van der Waals surface area contributed by atoms with Gasteiger partial charge < -0.3 is 4.74 Å². The molecule has 0 aliphatic rings. The lowest BCUT2D eigenvalue weighted by molar-refractivity contribution is -0.384. The van der Waals surface area contributed by atoms with E-state index in [2.05, 4.69) is 9.97 Å². The van der Waals surface area contributed by atoms with E-state index in [0.29, 0.717) is 17.1 Å². The van der Waals surface area contributed by atoms with Crippen molar-refractivity contribution < 1.29 is 9.66 Å². The zero-order chi connectivity index (χ0) is 14.8. The smallest absolute Gasteiger partial charge is 0.269 e. The molecule has 1 heterocycles. The van der Waals surface area contributed by atoms with Gasteiger partial charge >= 0.3 is 0 Å². The number of nitro benzene ring substituents is 1. The Balaban J connectivity index is 1.93. The van der Waals surface area contributed by atoms with E-state index in [4.69, 9.17) is 4.74 Å². The third-order valence-corrected chi connectivity index (χ3v) is 3.04. The van der Waals surface area contributed by atoms with E-state index in [1.165, 1.54) is 12.1 Å². The number of fused-ring (bicyclic) bond motifs is 1. The van der Waals surface area contributed by atoms with Crippen LogP contribution < -0.4 is 4.74 Å². The molecule has 0 spiro atoms. The van der Waals surface area contributed by atoms with Gasteiger partial charge in [0, 0.05) is 30.6 Å². The van der Waals surface area contributed by atoms with Crippen LogP contribution in [-0.4, -0.2) is 14.9 Å². The largest absolute Gasteiger partial charge is 0.457 e. The van der Waals surface area contributed by atoms with Crippen LogP contribution in [0.4, 0.5) is 5.69 Å². The Bertz CT molecular complexity index is 833. The topological polar surface area (TPSA) is 78.2 Å². The highest BCUT2D eigenvalue weighted by Crippen LogP contribution is 2.29. The summed E-state index contributed by atoms with van der Waals surface area (Å²) in [6, 6.07) is 9.88. The maximum atomic E-state index is 10.7. The number of hydrogen-bond acceptors (Lipinski definition) is 5. The average molecular weight is 281 g/mol. The Kier molecular flexibility index (Phi) is 3.19. The standard InChI is InChI=1S/C15H11N3O3/c1-10-8-11(18(19)20)2-5-15(10)21-12-3-4-13-14(9-12)17-7-6-16-13/h2-9H,1H3. The number of non-ortho nitro benzene ring substituents is 1. The molecule has 3 rings (SSSR count). The zero-order valence-corrected chi connectivity index (χ0v) is 11.2. The Morgan fingerprint density at radius 3 is 2.52 bits per heavy atom. The highest BCUT2D eigenvalue weighted by atomic mass is 16.6. The third-order valence-electron chi connectivity index (χ3n) is 3.04. The van der Waals surface area contributed by atoms with E-state index in [1.54, 1.807) is 37.5 Å². The lowest BCUT2D eigenvalue weighted by Gasteiger charge is -2.08. The summed E-state index contributed by atoms with van der Waals surface area (Å²) in [6.07, 6.45) is 3.24. The van der Waals surface area contributed by atoms with Crippen molar-refractivity contribution in [1.29, 1.82) is 0 Å². The number of aryl methyl sites for hydroxylation is 1. The Morgan fingerprint density at radius 1 is 1.05 bits per heavy atom. The van der Waals surface area contributed by atoms with Gasteiger partial charge in [-0.25, -0.2) is 0 Å². The second kappa shape index (κ2) is 5.16. The fourth-order valence-electron chi connectivity index (χ4n) is 2.00. The molecular weight excluding hydrogens is 270 g/mol. The lowest BCUT2D eigenvalue weighted by Crippen LogP contribution is -1.92.